The number of rotatable bonds is 4. The summed E-state index contributed by atoms with van der Waals surface area (Å²) in [5, 5.41) is 2.43. The second kappa shape index (κ2) is 7.55. The van der Waals surface area contributed by atoms with Crippen LogP contribution in [0.15, 0.2) is 47.3 Å². The predicted molar refractivity (Wildman–Crippen MR) is 94.4 cm³/mol. The molecule has 0 unspecified atom stereocenters. The fourth-order valence-corrected chi connectivity index (χ4v) is 2.51. The van der Waals surface area contributed by atoms with Gasteiger partial charge in [-0.15, -0.1) is 0 Å². The number of nitrogens with one attached hydrogen (secondary N) is 2. The summed E-state index contributed by atoms with van der Waals surface area (Å²) in [4.78, 5) is 38.8. The van der Waals surface area contributed by atoms with Gasteiger partial charge >= 0.3 is 5.97 Å². The number of halogens is 3. The average Bonchev–Trinajstić information content (AvgIpc) is 2.67. The summed E-state index contributed by atoms with van der Waals surface area (Å²) < 4.78 is 44.9. The van der Waals surface area contributed by atoms with Gasteiger partial charge in [0.25, 0.3) is 5.91 Å². The number of aromatic nitrogens is 1. The molecule has 0 bridgehead atoms. The number of hydrogen-bond acceptors (Lipinski definition) is 4. The van der Waals surface area contributed by atoms with Gasteiger partial charge in [-0.3, -0.25) is 9.59 Å². The number of pyridine rings is 1. The molecule has 0 aliphatic rings. The number of hydrogen-bond donors (Lipinski definition) is 2. The molecule has 2 N–H and O–H groups in total. The van der Waals surface area contributed by atoms with E-state index in [-0.39, 0.29) is 5.56 Å². The van der Waals surface area contributed by atoms with E-state index in [1.807, 2.05) is 5.32 Å². The van der Waals surface area contributed by atoms with Crippen LogP contribution in [-0.2, 0) is 9.53 Å². The van der Waals surface area contributed by atoms with Gasteiger partial charge in [-0.05, 0) is 25.1 Å². The number of carbonyl (C=O) groups is 2. The number of H-pyrrole nitrogens is 1. The van der Waals surface area contributed by atoms with Crippen molar-refractivity contribution in [3.8, 4) is 0 Å². The summed E-state index contributed by atoms with van der Waals surface area (Å²) in [6.45, 7) is 1.21. The summed E-state index contributed by atoms with van der Waals surface area (Å²) in [6.07, 6.45) is -1.40. The van der Waals surface area contributed by atoms with Gasteiger partial charge in [0.1, 0.15) is 0 Å². The van der Waals surface area contributed by atoms with Crippen molar-refractivity contribution >= 4 is 28.5 Å². The Hall–Kier alpha value is -3.62. The van der Waals surface area contributed by atoms with E-state index in [1.165, 1.54) is 6.92 Å². The van der Waals surface area contributed by atoms with Crippen LogP contribution >= 0.6 is 0 Å². The lowest BCUT2D eigenvalue weighted by Gasteiger charge is -2.15. The smallest absolute Gasteiger partial charge is 0.339 e. The highest BCUT2D eigenvalue weighted by molar-refractivity contribution is 6.04. The van der Waals surface area contributed by atoms with E-state index < -0.39 is 46.7 Å². The molecule has 0 saturated carbocycles. The van der Waals surface area contributed by atoms with Gasteiger partial charge in [-0.25, -0.2) is 18.0 Å². The molecule has 1 aromatic heterocycles. The summed E-state index contributed by atoms with van der Waals surface area (Å²) in [6, 6.07) is 9.01. The first kappa shape index (κ1) is 19.2. The Morgan fingerprint density at radius 1 is 1.07 bits per heavy atom. The van der Waals surface area contributed by atoms with E-state index in [0.717, 1.165) is 12.1 Å². The van der Waals surface area contributed by atoms with Gasteiger partial charge in [-0.2, -0.15) is 0 Å². The molecule has 0 aliphatic carbocycles. The van der Waals surface area contributed by atoms with Crippen molar-refractivity contribution in [3.05, 3.63) is 75.8 Å². The zero-order valence-electron chi connectivity index (χ0n) is 14.4. The summed E-state index contributed by atoms with van der Waals surface area (Å²) in [5.74, 6) is -6.64. The van der Waals surface area contributed by atoms with E-state index in [1.54, 1.807) is 24.3 Å². The van der Waals surface area contributed by atoms with E-state index >= 15 is 0 Å². The van der Waals surface area contributed by atoms with Crippen LogP contribution in [0.1, 0.15) is 17.3 Å². The normalized spacial score (nSPS) is 11.9. The quantitative estimate of drug-likeness (QED) is 0.529. The second-order valence-corrected chi connectivity index (χ2v) is 5.85. The lowest BCUT2D eigenvalue weighted by atomic mass is 10.1. The van der Waals surface area contributed by atoms with Crippen molar-refractivity contribution in [2.75, 3.05) is 5.32 Å². The fourth-order valence-electron chi connectivity index (χ4n) is 2.51. The number of amides is 1. The minimum atomic E-state index is -1.74. The molecular formula is C19H13F3N2O4. The monoisotopic (exact) mass is 390 g/mol. The Bertz CT molecular complexity index is 1140. The Morgan fingerprint density at radius 3 is 2.54 bits per heavy atom. The van der Waals surface area contributed by atoms with Crippen LogP contribution in [0.4, 0.5) is 18.9 Å². The zero-order valence-corrected chi connectivity index (χ0v) is 14.4. The molecule has 0 aliphatic heterocycles. The van der Waals surface area contributed by atoms with Gasteiger partial charge in [0, 0.05) is 17.0 Å². The van der Waals surface area contributed by atoms with E-state index in [4.69, 9.17) is 4.74 Å². The van der Waals surface area contributed by atoms with Crippen LogP contribution in [0.25, 0.3) is 10.9 Å². The first-order valence-electron chi connectivity index (χ1n) is 8.05. The van der Waals surface area contributed by atoms with Gasteiger partial charge in [0.2, 0.25) is 5.56 Å². The third kappa shape index (κ3) is 3.73. The molecule has 144 valence electrons. The maximum absolute atomic E-state index is 13.7. The first-order valence-corrected chi connectivity index (χ1v) is 8.05. The summed E-state index contributed by atoms with van der Waals surface area (Å²) in [5.41, 5.74) is -0.791. The highest BCUT2D eigenvalue weighted by Gasteiger charge is 2.23. The van der Waals surface area contributed by atoms with Gasteiger partial charge in [0.15, 0.2) is 23.6 Å². The van der Waals surface area contributed by atoms with E-state index in [9.17, 15) is 27.6 Å². The topological polar surface area (TPSA) is 88.3 Å². The first-order chi connectivity index (χ1) is 13.3. The number of anilines is 1. The molecule has 6 nitrogen and oxygen atoms in total. The number of para-hydroxylation sites is 1. The van der Waals surface area contributed by atoms with Crippen LogP contribution < -0.4 is 10.9 Å². The molecule has 0 radical (unpaired) electrons. The Morgan fingerprint density at radius 2 is 1.79 bits per heavy atom. The summed E-state index contributed by atoms with van der Waals surface area (Å²) in [7, 11) is 0. The van der Waals surface area contributed by atoms with E-state index in [2.05, 4.69) is 4.98 Å². The van der Waals surface area contributed by atoms with Gasteiger partial charge in [-0.1, -0.05) is 18.2 Å². The highest BCUT2D eigenvalue weighted by Crippen LogP contribution is 2.20. The predicted octanol–water partition coefficient (Wildman–Crippen LogP) is 3.13. The van der Waals surface area contributed by atoms with Crippen LogP contribution in [0, 0.1) is 17.5 Å². The van der Waals surface area contributed by atoms with Crippen molar-refractivity contribution in [2.45, 2.75) is 13.0 Å². The number of benzene rings is 2. The second-order valence-electron chi connectivity index (χ2n) is 5.85. The maximum Gasteiger partial charge on any atom is 0.339 e. The minimum absolute atomic E-state index is 0.0574. The fraction of sp³-hybridized carbons (Fsp3) is 0.105. The molecule has 9 heteroatoms. The van der Waals surface area contributed by atoms with E-state index in [0.29, 0.717) is 17.0 Å². The molecule has 2 aromatic carbocycles. The molecule has 0 fully saturated rings. The Labute approximate surface area is 155 Å². The molecule has 28 heavy (non-hydrogen) atoms. The molecule has 0 saturated heterocycles. The van der Waals surface area contributed by atoms with Crippen molar-refractivity contribution < 1.29 is 27.5 Å². The molecule has 1 heterocycles. The van der Waals surface area contributed by atoms with Crippen LogP contribution in [0.5, 0.6) is 0 Å². The number of fused-ring (bicyclic) bond motifs is 1. The molecule has 3 aromatic rings. The largest absolute Gasteiger partial charge is 0.449 e. The van der Waals surface area contributed by atoms with Crippen molar-refractivity contribution in [2.24, 2.45) is 0 Å². The number of ether oxygens (including phenoxy) is 1. The number of esters is 1. The highest BCUT2D eigenvalue weighted by atomic mass is 19.2. The van der Waals surface area contributed by atoms with Crippen LogP contribution in [0.3, 0.4) is 0 Å². The van der Waals surface area contributed by atoms with Gasteiger partial charge < -0.3 is 15.0 Å². The Balaban J connectivity index is 1.79. The van der Waals surface area contributed by atoms with Crippen molar-refractivity contribution in [1.82, 2.24) is 4.98 Å². The average molecular weight is 390 g/mol. The van der Waals surface area contributed by atoms with Crippen LogP contribution in [0.2, 0.25) is 0 Å². The lowest BCUT2D eigenvalue weighted by molar-refractivity contribution is -0.123. The lowest BCUT2D eigenvalue weighted by Crippen LogP contribution is -2.30. The van der Waals surface area contributed by atoms with Gasteiger partial charge in [0.05, 0.1) is 11.3 Å². The maximum atomic E-state index is 13.7. The standard InChI is InChI=1S/C19H13F3N2O4/c1-9(18(26)24-14-7-6-12(20)16(21)17(14)22)28-19(27)11-8-15(25)23-13-5-3-2-4-10(11)13/h2-9H,1H3,(H,23,25)(H,24,26)/t9-/m1/s1. The number of carbonyl (C=O) groups excluding carboxylic acids is 2. The molecule has 3 rings (SSSR count). The van der Waals surface area contributed by atoms with Crippen molar-refractivity contribution in [1.29, 1.82) is 0 Å². The van der Waals surface area contributed by atoms with Crippen molar-refractivity contribution in [3.63, 3.8) is 0 Å². The SMILES string of the molecule is C[C@@H](OC(=O)c1cc(=O)[nH]c2ccccc12)C(=O)Nc1ccc(F)c(F)c1F. The number of aromatic amines is 1. The zero-order chi connectivity index (χ0) is 20.4. The molecule has 0 spiro atoms. The minimum Gasteiger partial charge on any atom is -0.449 e. The molecule has 1 atom stereocenters. The third-order valence-corrected chi connectivity index (χ3v) is 3.92. The van der Waals surface area contributed by atoms with Crippen LogP contribution in [-0.4, -0.2) is 23.0 Å². The molecular weight excluding hydrogens is 377 g/mol. The molecule has 1 amide bonds. The Kier molecular flexibility index (Phi) is 5.16. The third-order valence-electron chi connectivity index (χ3n) is 3.92. The summed E-state index contributed by atoms with van der Waals surface area (Å²) >= 11 is 0.